The number of nitrogens with zero attached hydrogens (tertiary/aromatic N) is 5. The summed E-state index contributed by atoms with van der Waals surface area (Å²) in [6, 6.07) is 15.9. The van der Waals surface area contributed by atoms with E-state index in [-0.39, 0.29) is 30.5 Å². The molecule has 0 saturated heterocycles. The first-order valence-corrected chi connectivity index (χ1v) is 10.2. The molecule has 0 saturated carbocycles. The molecule has 2 aromatic carbocycles. The smallest absolute Gasteiger partial charge is 0.269 e. The summed E-state index contributed by atoms with van der Waals surface area (Å²) in [5.41, 5.74) is 2.69. The number of imidazole rings is 1. The average molecular weight is 442 g/mol. The number of rotatable bonds is 6. The van der Waals surface area contributed by atoms with Gasteiger partial charge in [-0.05, 0) is 35.9 Å². The van der Waals surface area contributed by atoms with Gasteiger partial charge in [0, 0.05) is 30.2 Å². The van der Waals surface area contributed by atoms with E-state index in [9.17, 15) is 19.7 Å². The summed E-state index contributed by atoms with van der Waals surface area (Å²) in [5, 5.41) is 13.5. The summed E-state index contributed by atoms with van der Waals surface area (Å²) in [5.74, 6) is -0.127. The lowest BCUT2D eigenvalue weighted by molar-refractivity contribution is -0.384. The fourth-order valence-electron chi connectivity index (χ4n) is 3.97. The van der Waals surface area contributed by atoms with E-state index in [1.54, 1.807) is 27.9 Å². The number of hydrogen-bond donors (Lipinski definition) is 1. The van der Waals surface area contributed by atoms with Crippen molar-refractivity contribution in [2.45, 2.75) is 19.0 Å². The lowest BCUT2D eigenvalue weighted by Gasteiger charge is -2.16. The first-order chi connectivity index (χ1) is 16.0. The lowest BCUT2D eigenvalue weighted by atomic mass is 10.1. The third-order valence-electron chi connectivity index (χ3n) is 5.49. The molecule has 0 fully saturated rings. The predicted molar refractivity (Wildman–Crippen MR) is 121 cm³/mol. The molecule has 10 heteroatoms. The van der Waals surface area contributed by atoms with Crippen LogP contribution in [0.4, 0.5) is 17.3 Å². The Labute approximate surface area is 187 Å². The predicted octanol–water partition coefficient (Wildman–Crippen LogP) is 3.46. The van der Waals surface area contributed by atoms with Crippen LogP contribution in [0.1, 0.15) is 18.0 Å². The number of carbonyl (C=O) groups excluding carboxylic acids is 2. The quantitative estimate of drug-likeness (QED) is 0.360. The minimum absolute atomic E-state index is 0.0699. The van der Waals surface area contributed by atoms with E-state index in [0.29, 0.717) is 11.6 Å². The Morgan fingerprint density at radius 2 is 1.88 bits per heavy atom. The summed E-state index contributed by atoms with van der Waals surface area (Å²) in [4.78, 5) is 46.8. The van der Waals surface area contributed by atoms with Crippen LogP contribution in [0.25, 0.3) is 11.0 Å². The molecule has 33 heavy (non-hydrogen) atoms. The van der Waals surface area contributed by atoms with Crippen LogP contribution in [-0.2, 0) is 16.1 Å². The average Bonchev–Trinajstić information content (AvgIpc) is 3.31. The molecule has 2 aromatic heterocycles. The summed E-state index contributed by atoms with van der Waals surface area (Å²) in [6.07, 6.45) is 3.25. The molecular formula is C23H18N6O4. The largest absolute Gasteiger partial charge is 0.326 e. The minimum Gasteiger partial charge on any atom is -0.326 e. The highest BCUT2D eigenvalue weighted by atomic mass is 16.6. The van der Waals surface area contributed by atoms with Crippen molar-refractivity contribution in [2.75, 3.05) is 10.2 Å². The zero-order valence-corrected chi connectivity index (χ0v) is 17.3. The van der Waals surface area contributed by atoms with E-state index in [0.717, 1.165) is 16.6 Å². The minimum atomic E-state index is -0.762. The van der Waals surface area contributed by atoms with Crippen molar-refractivity contribution in [1.82, 2.24) is 14.5 Å². The summed E-state index contributed by atoms with van der Waals surface area (Å²) >= 11 is 0. The van der Waals surface area contributed by atoms with Gasteiger partial charge in [0.05, 0.1) is 28.9 Å². The number of nitro benzene ring substituents is 1. The zero-order chi connectivity index (χ0) is 22.9. The fourth-order valence-corrected chi connectivity index (χ4v) is 3.97. The van der Waals surface area contributed by atoms with Crippen LogP contribution in [-0.4, -0.2) is 31.3 Å². The van der Waals surface area contributed by atoms with E-state index in [1.165, 1.54) is 24.3 Å². The number of aromatic nitrogens is 3. The van der Waals surface area contributed by atoms with Crippen LogP contribution >= 0.6 is 0 Å². The van der Waals surface area contributed by atoms with Gasteiger partial charge in [-0.3, -0.25) is 34.2 Å². The molecule has 1 aliphatic rings. The molecule has 0 bridgehead atoms. The third-order valence-corrected chi connectivity index (χ3v) is 5.49. The summed E-state index contributed by atoms with van der Waals surface area (Å²) < 4.78 is 1.80. The number of pyridine rings is 1. The third kappa shape index (κ3) is 3.78. The van der Waals surface area contributed by atoms with Crippen LogP contribution in [0.3, 0.4) is 0 Å². The maximum Gasteiger partial charge on any atom is 0.269 e. The van der Waals surface area contributed by atoms with Gasteiger partial charge in [0.25, 0.3) is 11.6 Å². The topological polar surface area (TPSA) is 123 Å². The number of para-hydroxylation sites is 2. The molecule has 1 atom stereocenters. The van der Waals surface area contributed by atoms with Crippen LogP contribution in [0, 0.1) is 10.1 Å². The molecule has 2 amide bonds. The van der Waals surface area contributed by atoms with Crippen LogP contribution in [0.15, 0.2) is 73.1 Å². The lowest BCUT2D eigenvalue weighted by Crippen LogP contribution is -2.31. The van der Waals surface area contributed by atoms with Gasteiger partial charge in [0.2, 0.25) is 11.9 Å². The molecule has 0 unspecified atom stereocenters. The van der Waals surface area contributed by atoms with E-state index in [1.807, 2.05) is 30.3 Å². The Morgan fingerprint density at radius 1 is 1.09 bits per heavy atom. The molecule has 0 spiro atoms. The fraction of sp³-hybridized carbons (Fsp3) is 0.130. The maximum absolute atomic E-state index is 13.4. The van der Waals surface area contributed by atoms with Crippen molar-refractivity contribution in [1.29, 1.82) is 0 Å². The van der Waals surface area contributed by atoms with Gasteiger partial charge >= 0.3 is 0 Å². The number of non-ortho nitro benzene ring substituents is 1. The second kappa shape index (κ2) is 8.15. The van der Waals surface area contributed by atoms with Crippen LogP contribution in [0.2, 0.25) is 0 Å². The molecule has 5 rings (SSSR count). The van der Waals surface area contributed by atoms with Gasteiger partial charge in [-0.25, -0.2) is 4.98 Å². The van der Waals surface area contributed by atoms with Crippen LogP contribution < -0.4 is 10.2 Å². The molecule has 0 aliphatic carbocycles. The van der Waals surface area contributed by atoms with E-state index < -0.39 is 11.0 Å². The Bertz CT molecular complexity index is 1370. The summed E-state index contributed by atoms with van der Waals surface area (Å²) in [6.45, 7) is 0.288. The number of amides is 2. The van der Waals surface area contributed by atoms with Crippen molar-refractivity contribution >= 4 is 40.2 Å². The number of benzene rings is 2. The number of nitro groups is 1. The monoisotopic (exact) mass is 442 g/mol. The van der Waals surface area contributed by atoms with E-state index in [2.05, 4.69) is 15.3 Å². The van der Waals surface area contributed by atoms with E-state index >= 15 is 0 Å². The Hall–Kier alpha value is -4.60. The highest BCUT2D eigenvalue weighted by molar-refractivity contribution is 6.05. The molecule has 0 radical (unpaired) electrons. The van der Waals surface area contributed by atoms with Gasteiger partial charge in [0.1, 0.15) is 6.04 Å². The second-order valence-electron chi connectivity index (χ2n) is 7.63. The standard InChI is InChI=1S/C23H18N6O4/c30-21(25-16-7-9-17(10-8-16)29(32)33)12-20-22(31)27(14-15-4-3-11-24-13-15)23-26-18-5-1-2-6-19(18)28(20)23/h1-11,13,20H,12,14H2,(H,25,30)/t20-/m0/s1. The SMILES string of the molecule is O=C(C[C@H]1C(=O)N(Cc2cccnc2)c2nc3ccccc3n21)Nc1ccc([N+](=O)[O-])cc1. The number of hydrogen-bond acceptors (Lipinski definition) is 6. The van der Waals surface area contributed by atoms with Gasteiger partial charge in [-0.15, -0.1) is 0 Å². The van der Waals surface area contributed by atoms with E-state index in [4.69, 9.17) is 0 Å². The highest BCUT2D eigenvalue weighted by Gasteiger charge is 2.40. The molecule has 1 aliphatic heterocycles. The molecular weight excluding hydrogens is 424 g/mol. The Balaban J connectivity index is 1.43. The number of fused-ring (bicyclic) bond motifs is 3. The van der Waals surface area contributed by atoms with Gasteiger partial charge < -0.3 is 5.32 Å². The van der Waals surface area contributed by atoms with Crippen molar-refractivity contribution < 1.29 is 14.5 Å². The first-order valence-electron chi connectivity index (χ1n) is 10.2. The van der Waals surface area contributed by atoms with Gasteiger partial charge in [-0.2, -0.15) is 0 Å². The molecule has 10 nitrogen and oxygen atoms in total. The van der Waals surface area contributed by atoms with Crippen LogP contribution in [0.5, 0.6) is 0 Å². The summed E-state index contributed by atoms with van der Waals surface area (Å²) in [7, 11) is 0. The maximum atomic E-state index is 13.4. The van der Waals surface area contributed by atoms with Crippen molar-refractivity contribution in [3.63, 3.8) is 0 Å². The number of carbonyl (C=O) groups is 2. The van der Waals surface area contributed by atoms with Crippen molar-refractivity contribution in [3.8, 4) is 0 Å². The number of anilines is 2. The molecule has 1 N–H and O–H groups in total. The number of nitrogens with one attached hydrogen (secondary N) is 1. The molecule has 164 valence electrons. The molecule has 4 aromatic rings. The van der Waals surface area contributed by atoms with Crippen molar-refractivity contribution in [3.05, 3.63) is 88.7 Å². The van der Waals surface area contributed by atoms with Gasteiger partial charge in [0.15, 0.2) is 0 Å². The van der Waals surface area contributed by atoms with Crippen molar-refractivity contribution in [2.24, 2.45) is 0 Å². The normalized spacial score (nSPS) is 15.0. The zero-order valence-electron chi connectivity index (χ0n) is 17.3. The molecule has 3 heterocycles. The second-order valence-corrected chi connectivity index (χ2v) is 7.63. The van der Waals surface area contributed by atoms with Gasteiger partial charge in [-0.1, -0.05) is 18.2 Å². The Kier molecular flexibility index (Phi) is 5.02. The first kappa shape index (κ1) is 20.3. The Morgan fingerprint density at radius 3 is 2.61 bits per heavy atom. The highest BCUT2D eigenvalue weighted by Crippen LogP contribution is 2.37.